The van der Waals surface area contributed by atoms with Gasteiger partial charge in [0.1, 0.15) is 6.04 Å². The van der Waals surface area contributed by atoms with Gasteiger partial charge in [0.2, 0.25) is 6.04 Å². The molecule has 2 unspecified atom stereocenters. The summed E-state index contributed by atoms with van der Waals surface area (Å²) in [4.78, 5) is 10.5. The molecule has 1 heterocycles. The molecule has 0 spiro atoms. The maximum Gasteiger partial charge on any atom is 0.247 e. The van der Waals surface area contributed by atoms with Gasteiger partial charge < -0.3 is 0 Å². The molecule has 2 rings (SSSR count). The van der Waals surface area contributed by atoms with Crippen molar-refractivity contribution in [1.29, 1.82) is 0 Å². The maximum absolute atomic E-state index is 10.8. The Bertz CT molecular complexity index is 427. The summed E-state index contributed by atoms with van der Waals surface area (Å²) in [5.41, 5.74) is 6.28. The van der Waals surface area contributed by atoms with E-state index < -0.39 is 12.1 Å². The number of hydrogen-bond donors (Lipinski definition) is 2. The Balaban J connectivity index is 2.32. The molecule has 0 aliphatic carbocycles. The summed E-state index contributed by atoms with van der Waals surface area (Å²) in [6.07, 6.45) is 0. The molecule has 0 aromatic heterocycles. The topological polar surface area (TPSA) is 67.2 Å². The summed E-state index contributed by atoms with van der Waals surface area (Å²) in [6, 6.07) is 3.79. The fraction of sp³-hybridized carbons (Fsp3) is 0.333. The van der Waals surface area contributed by atoms with Crippen molar-refractivity contribution in [3.05, 3.63) is 43.9 Å². The number of rotatable bonds is 2. The number of benzene rings is 1. The Hall–Kier alpha value is -0.880. The van der Waals surface area contributed by atoms with Crippen LogP contribution in [0.25, 0.3) is 0 Å². The van der Waals surface area contributed by atoms with Crippen molar-refractivity contribution in [1.82, 2.24) is 10.9 Å². The third-order valence-corrected chi connectivity index (χ3v) is 3.08. The number of nitrogens with one attached hydrogen (secondary N) is 2. The molecular formula is C9H9Cl2N3O2. The van der Waals surface area contributed by atoms with Gasteiger partial charge in [-0.25, -0.2) is 5.43 Å². The second-order valence-electron chi connectivity index (χ2n) is 3.52. The molecule has 16 heavy (non-hydrogen) atoms. The molecule has 0 amide bonds. The molecule has 86 valence electrons. The van der Waals surface area contributed by atoms with E-state index in [2.05, 4.69) is 10.9 Å². The van der Waals surface area contributed by atoms with Crippen molar-refractivity contribution < 1.29 is 4.92 Å². The van der Waals surface area contributed by atoms with Gasteiger partial charge in [-0.05, 0) is 17.7 Å². The van der Waals surface area contributed by atoms with Crippen LogP contribution in [0.5, 0.6) is 0 Å². The lowest BCUT2D eigenvalue weighted by molar-refractivity contribution is -0.520. The molecule has 0 saturated carbocycles. The van der Waals surface area contributed by atoms with E-state index in [9.17, 15) is 10.1 Å². The maximum atomic E-state index is 10.8. The Morgan fingerprint density at radius 2 is 2.19 bits per heavy atom. The highest BCUT2D eigenvalue weighted by Crippen LogP contribution is 2.30. The zero-order valence-electron chi connectivity index (χ0n) is 8.11. The van der Waals surface area contributed by atoms with E-state index in [1.54, 1.807) is 18.2 Å². The standard InChI is InChI=1S/C9H9Cl2N3O2/c10-5-1-2-6(7(11)3-5)9-8(14(15)16)4-12-13-9/h1-3,8-9,12-13H,4H2. The van der Waals surface area contributed by atoms with E-state index in [1.165, 1.54) is 0 Å². The first-order chi connectivity index (χ1) is 7.59. The van der Waals surface area contributed by atoms with Crippen LogP contribution in [-0.2, 0) is 0 Å². The largest absolute Gasteiger partial charge is 0.264 e. The molecule has 2 N–H and O–H groups in total. The number of nitro groups is 1. The Morgan fingerprint density at radius 3 is 2.81 bits per heavy atom. The van der Waals surface area contributed by atoms with Gasteiger partial charge in [0.25, 0.3) is 0 Å². The van der Waals surface area contributed by atoms with Gasteiger partial charge in [0, 0.05) is 15.0 Å². The third-order valence-electron chi connectivity index (χ3n) is 2.52. The minimum absolute atomic E-state index is 0.274. The smallest absolute Gasteiger partial charge is 0.247 e. The molecule has 1 aliphatic heterocycles. The lowest BCUT2D eigenvalue weighted by Crippen LogP contribution is -2.29. The molecule has 7 heteroatoms. The van der Waals surface area contributed by atoms with Gasteiger partial charge in [-0.2, -0.15) is 0 Å². The Morgan fingerprint density at radius 1 is 1.44 bits per heavy atom. The van der Waals surface area contributed by atoms with E-state index >= 15 is 0 Å². The first-order valence-corrected chi connectivity index (χ1v) is 5.42. The zero-order valence-corrected chi connectivity index (χ0v) is 9.63. The quantitative estimate of drug-likeness (QED) is 0.629. The van der Waals surface area contributed by atoms with Crippen LogP contribution in [0.15, 0.2) is 18.2 Å². The van der Waals surface area contributed by atoms with E-state index in [0.717, 1.165) is 0 Å². The molecule has 1 aromatic rings. The molecular weight excluding hydrogens is 253 g/mol. The zero-order chi connectivity index (χ0) is 11.7. The minimum Gasteiger partial charge on any atom is -0.264 e. The van der Waals surface area contributed by atoms with E-state index in [1.807, 2.05) is 0 Å². The number of hydrazine groups is 1. The van der Waals surface area contributed by atoms with Gasteiger partial charge in [-0.15, -0.1) is 0 Å². The second-order valence-corrected chi connectivity index (χ2v) is 4.37. The van der Waals surface area contributed by atoms with Crippen molar-refractivity contribution in [3.8, 4) is 0 Å². The molecule has 0 radical (unpaired) electrons. The fourth-order valence-corrected chi connectivity index (χ4v) is 2.25. The van der Waals surface area contributed by atoms with Crippen LogP contribution in [0.3, 0.4) is 0 Å². The fourth-order valence-electron chi connectivity index (χ4n) is 1.72. The second kappa shape index (κ2) is 4.55. The molecule has 1 saturated heterocycles. The molecule has 1 fully saturated rings. The van der Waals surface area contributed by atoms with Gasteiger partial charge in [0.15, 0.2) is 0 Å². The van der Waals surface area contributed by atoms with E-state index in [-0.39, 0.29) is 11.5 Å². The van der Waals surface area contributed by atoms with Crippen molar-refractivity contribution in [2.24, 2.45) is 0 Å². The number of hydrogen-bond acceptors (Lipinski definition) is 4. The summed E-state index contributed by atoms with van der Waals surface area (Å²) in [5.74, 6) is 0. The molecule has 1 aliphatic rings. The minimum atomic E-state index is -0.723. The Labute approximate surface area is 102 Å². The average molecular weight is 262 g/mol. The summed E-state index contributed by atoms with van der Waals surface area (Å²) >= 11 is 11.8. The molecule has 5 nitrogen and oxygen atoms in total. The SMILES string of the molecule is O=[N+]([O-])C1CNNC1c1ccc(Cl)cc1Cl. The van der Waals surface area contributed by atoms with Crippen molar-refractivity contribution in [2.75, 3.05) is 6.54 Å². The Kier molecular flexibility index (Phi) is 3.30. The summed E-state index contributed by atoms with van der Waals surface area (Å²) < 4.78 is 0. The molecule has 0 bridgehead atoms. The van der Waals surface area contributed by atoms with Crippen molar-refractivity contribution >= 4 is 23.2 Å². The van der Waals surface area contributed by atoms with Crippen LogP contribution in [-0.4, -0.2) is 17.5 Å². The average Bonchev–Trinajstić information content (AvgIpc) is 2.66. The van der Waals surface area contributed by atoms with Crippen molar-refractivity contribution in [2.45, 2.75) is 12.1 Å². The van der Waals surface area contributed by atoms with Crippen LogP contribution in [0.1, 0.15) is 11.6 Å². The van der Waals surface area contributed by atoms with Crippen LogP contribution < -0.4 is 10.9 Å². The van der Waals surface area contributed by atoms with Gasteiger partial charge in [-0.1, -0.05) is 29.3 Å². The highest BCUT2D eigenvalue weighted by Gasteiger charge is 2.38. The van der Waals surface area contributed by atoms with Crippen LogP contribution in [0.2, 0.25) is 10.0 Å². The van der Waals surface area contributed by atoms with E-state index in [0.29, 0.717) is 15.6 Å². The highest BCUT2D eigenvalue weighted by molar-refractivity contribution is 6.35. The van der Waals surface area contributed by atoms with Crippen LogP contribution >= 0.6 is 23.2 Å². The highest BCUT2D eigenvalue weighted by atomic mass is 35.5. The van der Waals surface area contributed by atoms with Crippen LogP contribution in [0.4, 0.5) is 0 Å². The number of nitrogens with zero attached hydrogens (tertiary/aromatic N) is 1. The first-order valence-electron chi connectivity index (χ1n) is 4.66. The van der Waals surface area contributed by atoms with E-state index in [4.69, 9.17) is 23.2 Å². The van der Waals surface area contributed by atoms with Gasteiger partial charge in [-0.3, -0.25) is 15.5 Å². The number of halogens is 2. The summed E-state index contributed by atoms with van der Waals surface area (Å²) in [5, 5.41) is 11.8. The predicted molar refractivity (Wildman–Crippen MR) is 61.1 cm³/mol. The lowest BCUT2D eigenvalue weighted by Gasteiger charge is -2.14. The lowest BCUT2D eigenvalue weighted by atomic mass is 10.0. The predicted octanol–water partition coefficient (Wildman–Crippen LogP) is 1.79. The molecule has 1 aromatic carbocycles. The summed E-state index contributed by atoms with van der Waals surface area (Å²) in [6.45, 7) is 0.274. The monoisotopic (exact) mass is 261 g/mol. The van der Waals surface area contributed by atoms with Gasteiger partial charge >= 0.3 is 0 Å². The van der Waals surface area contributed by atoms with Crippen LogP contribution in [0, 0.1) is 10.1 Å². The third kappa shape index (κ3) is 2.12. The van der Waals surface area contributed by atoms with Gasteiger partial charge in [0.05, 0.1) is 6.54 Å². The summed E-state index contributed by atoms with van der Waals surface area (Å²) in [7, 11) is 0. The first kappa shape index (κ1) is 11.6. The molecule has 2 atom stereocenters. The normalized spacial score (nSPS) is 24.6. The van der Waals surface area contributed by atoms with Crippen molar-refractivity contribution in [3.63, 3.8) is 0 Å².